The predicted molar refractivity (Wildman–Crippen MR) is 125 cm³/mol. The van der Waals surface area contributed by atoms with Crippen molar-refractivity contribution in [3.05, 3.63) is 35.0 Å². The Hall–Kier alpha value is -2.83. The van der Waals surface area contributed by atoms with Crippen LogP contribution in [0.25, 0.3) is 10.9 Å². The molecule has 1 heterocycles. The lowest BCUT2D eigenvalue weighted by Crippen LogP contribution is -2.58. The third-order valence-electron chi connectivity index (χ3n) is 7.16. The molecule has 7 nitrogen and oxygen atoms in total. The van der Waals surface area contributed by atoms with Gasteiger partial charge in [-0.2, -0.15) is 0 Å². The van der Waals surface area contributed by atoms with E-state index in [9.17, 15) is 14.4 Å². The molecule has 0 spiro atoms. The Morgan fingerprint density at radius 2 is 1.75 bits per heavy atom. The largest absolute Gasteiger partial charge is 0.364 e. The molecule has 0 aliphatic heterocycles. The van der Waals surface area contributed by atoms with E-state index < -0.39 is 11.4 Å². The zero-order chi connectivity index (χ0) is 23.0. The molecule has 2 saturated carbocycles. The van der Waals surface area contributed by atoms with Gasteiger partial charge < -0.3 is 20.9 Å². The van der Waals surface area contributed by atoms with E-state index in [4.69, 9.17) is 5.73 Å². The molecule has 1 aromatic carbocycles. The summed E-state index contributed by atoms with van der Waals surface area (Å²) in [6.45, 7) is 3.84. The predicted octanol–water partition coefficient (Wildman–Crippen LogP) is 3.50. The molecule has 0 radical (unpaired) electrons. The highest BCUT2D eigenvalue weighted by molar-refractivity contribution is 6.05. The standard InChI is InChI=1S/C25H34N4O3/c1-15(2)27-24(32)25(12-6-7-13-25)28-23(31)17-10-11-18-19(14-17)29(3)21(22(26)30)20(18)16-8-4-5-9-16/h10-11,14-16H,4-9,12-13H2,1-3H3,(H2,26,30)(H,27,32)(H,28,31). The first-order valence-electron chi connectivity index (χ1n) is 11.8. The molecule has 0 saturated heterocycles. The Bertz CT molecular complexity index is 1060. The fourth-order valence-corrected chi connectivity index (χ4v) is 5.61. The Balaban J connectivity index is 1.69. The van der Waals surface area contributed by atoms with Gasteiger partial charge in [-0.3, -0.25) is 14.4 Å². The van der Waals surface area contributed by atoms with Crippen molar-refractivity contribution in [1.29, 1.82) is 0 Å². The number of benzene rings is 1. The van der Waals surface area contributed by atoms with Crippen LogP contribution in [0.4, 0.5) is 0 Å². The maximum atomic E-state index is 13.2. The van der Waals surface area contributed by atoms with Crippen LogP contribution in [-0.4, -0.2) is 33.9 Å². The second kappa shape index (κ2) is 8.60. The van der Waals surface area contributed by atoms with Gasteiger partial charge in [-0.1, -0.05) is 31.7 Å². The maximum absolute atomic E-state index is 13.2. The number of nitrogens with zero attached hydrogens (tertiary/aromatic N) is 1. The number of nitrogens with one attached hydrogen (secondary N) is 2. The molecule has 4 N–H and O–H groups in total. The quantitative estimate of drug-likeness (QED) is 0.642. The minimum atomic E-state index is -0.863. The molecule has 0 unspecified atom stereocenters. The fourth-order valence-electron chi connectivity index (χ4n) is 5.61. The minimum absolute atomic E-state index is 0.0119. The zero-order valence-corrected chi connectivity index (χ0v) is 19.3. The van der Waals surface area contributed by atoms with Crippen molar-refractivity contribution in [2.24, 2.45) is 12.8 Å². The van der Waals surface area contributed by atoms with Gasteiger partial charge in [-0.25, -0.2) is 0 Å². The molecule has 3 amide bonds. The fraction of sp³-hybridized carbons (Fsp3) is 0.560. The summed E-state index contributed by atoms with van der Waals surface area (Å²) in [7, 11) is 1.83. The number of aromatic nitrogens is 1. The lowest BCUT2D eigenvalue weighted by Gasteiger charge is -2.30. The molecular formula is C25H34N4O3. The van der Waals surface area contributed by atoms with E-state index in [1.807, 2.05) is 37.6 Å². The summed E-state index contributed by atoms with van der Waals surface area (Å²) >= 11 is 0. The van der Waals surface area contributed by atoms with Crippen LogP contribution in [0, 0.1) is 0 Å². The summed E-state index contributed by atoms with van der Waals surface area (Å²) in [6.07, 6.45) is 7.51. The summed E-state index contributed by atoms with van der Waals surface area (Å²) in [4.78, 5) is 38.4. The Morgan fingerprint density at radius 3 is 2.34 bits per heavy atom. The van der Waals surface area contributed by atoms with Crippen LogP contribution in [0.15, 0.2) is 18.2 Å². The minimum Gasteiger partial charge on any atom is -0.364 e. The smallest absolute Gasteiger partial charge is 0.265 e. The highest BCUT2D eigenvalue weighted by atomic mass is 16.2. The summed E-state index contributed by atoms with van der Waals surface area (Å²) in [5.74, 6) is -0.496. The lowest BCUT2D eigenvalue weighted by molar-refractivity contribution is -0.127. The molecule has 32 heavy (non-hydrogen) atoms. The van der Waals surface area contributed by atoms with Crippen molar-refractivity contribution >= 4 is 28.6 Å². The number of amides is 3. The monoisotopic (exact) mass is 438 g/mol. The van der Waals surface area contributed by atoms with Gasteiger partial charge in [0.25, 0.3) is 11.8 Å². The second-order valence-electron chi connectivity index (χ2n) is 9.77. The van der Waals surface area contributed by atoms with Gasteiger partial charge in [-0.15, -0.1) is 0 Å². The number of primary amides is 1. The number of aryl methyl sites for hydroxylation is 1. The normalized spacial score (nSPS) is 18.4. The molecule has 172 valence electrons. The second-order valence-corrected chi connectivity index (χ2v) is 9.77. The number of hydrogen-bond acceptors (Lipinski definition) is 3. The van der Waals surface area contributed by atoms with Gasteiger partial charge in [0.15, 0.2) is 0 Å². The van der Waals surface area contributed by atoms with Crippen molar-refractivity contribution in [3.8, 4) is 0 Å². The number of rotatable bonds is 6. The molecule has 1 aromatic heterocycles. The molecule has 7 heteroatoms. The molecule has 2 aliphatic rings. The molecule has 4 rings (SSSR count). The summed E-state index contributed by atoms with van der Waals surface area (Å²) in [6, 6.07) is 5.56. The van der Waals surface area contributed by atoms with Gasteiger partial charge >= 0.3 is 0 Å². The highest BCUT2D eigenvalue weighted by Crippen LogP contribution is 2.41. The number of hydrogen-bond donors (Lipinski definition) is 3. The van der Waals surface area contributed by atoms with Crippen LogP contribution in [0.2, 0.25) is 0 Å². The summed E-state index contributed by atoms with van der Waals surface area (Å²) < 4.78 is 1.82. The number of carbonyl (C=O) groups excluding carboxylic acids is 3. The van der Waals surface area contributed by atoms with Gasteiger partial charge in [0.2, 0.25) is 5.91 Å². The lowest BCUT2D eigenvalue weighted by atomic mass is 9.93. The van der Waals surface area contributed by atoms with Crippen LogP contribution in [0.3, 0.4) is 0 Å². The first kappa shape index (κ1) is 22.4. The van der Waals surface area contributed by atoms with Crippen LogP contribution < -0.4 is 16.4 Å². The maximum Gasteiger partial charge on any atom is 0.265 e. The molecule has 0 atom stereocenters. The van der Waals surface area contributed by atoms with Crippen LogP contribution in [0.5, 0.6) is 0 Å². The van der Waals surface area contributed by atoms with E-state index >= 15 is 0 Å². The first-order chi connectivity index (χ1) is 15.2. The van der Waals surface area contributed by atoms with E-state index in [0.29, 0.717) is 30.0 Å². The van der Waals surface area contributed by atoms with Crippen LogP contribution >= 0.6 is 0 Å². The van der Waals surface area contributed by atoms with Crippen molar-refractivity contribution in [2.45, 2.75) is 82.7 Å². The molecule has 2 fully saturated rings. The van der Waals surface area contributed by atoms with E-state index in [1.54, 1.807) is 6.07 Å². The van der Waals surface area contributed by atoms with Crippen molar-refractivity contribution in [2.75, 3.05) is 0 Å². The summed E-state index contributed by atoms with van der Waals surface area (Å²) in [5, 5.41) is 7.00. The van der Waals surface area contributed by atoms with Gasteiger partial charge in [-0.05, 0) is 63.1 Å². The third-order valence-corrected chi connectivity index (χ3v) is 7.16. The molecular weight excluding hydrogens is 404 g/mol. The van der Waals surface area contributed by atoms with Crippen LogP contribution in [0.1, 0.15) is 97.5 Å². The number of nitrogens with two attached hydrogens (primary N) is 1. The topological polar surface area (TPSA) is 106 Å². The summed E-state index contributed by atoms with van der Waals surface area (Å²) in [5.41, 5.74) is 7.75. The molecule has 2 aliphatic carbocycles. The van der Waals surface area contributed by atoms with Gasteiger partial charge in [0.1, 0.15) is 11.2 Å². The van der Waals surface area contributed by atoms with Crippen molar-refractivity contribution in [1.82, 2.24) is 15.2 Å². The zero-order valence-electron chi connectivity index (χ0n) is 19.3. The van der Waals surface area contributed by atoms with E-state index in [1.165, 1.54) is 0 Å². The SMILES string of the molecule is CC(C)NC(=O)C1(NC(=O)c2ccc3c(C4CCCC4)c(C(N)=O)n(C)c3c2)CCCC1. The number of carbonyl (C=O) groups is 3. The first-order valence-corrected chi connectivity index (χ1v) is 11.8. The van der Waals surface area contributed by atoms with Gasteiger partial charge in [0.05, 0.1) is 0 Å². The highest BCUT2D eigenvalue weighted by Gasteiger charge is 2.42. The number of fused-ring (bicyclic) bond motifs is 1. The van der Waals surface area contributed by atoms with Gasteiger partial charge in [0, 0.05) is 29.6 Å². The average molecular weight is 439 g/mol. The Morgan fingerprint density at radius 1 is 1.09 bits per heavy atom. The third kappa shape index (κ3) is 3.89. The van der Waals surface area contributed by atoms with Crippen LogP contribution in [-0.2, 0) is 11.8 Å². The van der Waals surface area contributed by atoms with E-state index in [0.717, 1.165) is 55.0 Å². The van der Waals surface area contributed by atoms with E-state index in [2.05, 4.69) is 10.6 Å². The van der Waals surface area contributed by atoms with Crippen molar-refractivity contribution < 1.29 is 14.4 Å². The Labute approximate surface area is 189 Å². The van der Waals surface area contributed by atoms with Crippen molar-refractivity contribution in [3.63, 3.8) is 0 Å². The average Bonchev–Trinajstić information content (AvgIpc) is 3.47. The Kier molecular flexibility index (Phi) is 6.01. The van der Waals surface area contributed by atoms with E-state index in [-0.39, 0.29) is 17.9 Å². The molecule has 0 bridgehead atoms. The molecule has 2 aromatic rings.